The van der Waals surface area contributed by atoms with Gasteiger partial charge in [0.1, 0.15) is 17.5 Å². The summed E-state index contributed by atoms with van der Waals surface area (Å²) in [7, 11) is 0. The fourth-order valence-electron chi connectivity index (χ4n) is 12.3. The van der Waals surface area contributed by atoms with Gasteiger partial charge in [-0.25, -0.2) is 9.97 Å². The molecule has 66 heavy (non-hydrogen) atoms. The molecule has 1 unspecified atom stereocenters. The number of anilines is 2. The Bertz CT molecular complexity index is 2540. The molecule has 4 aromatic rings. The van der Waals surface area contributed by atoms with Crippen molar-refractivity contribution in [3.05, 3.63) is 99.1 Å². The van der Waals surface area contributed by atoms with Gasteiger partial charge in [0, 0.05) is 73.0 Å². The molecule has 1 aromatic carbocycles. The second kappa shape index (κ2) is 19.1. The van der Waals surface area contributed by atoms with Crippen LogP contribution in [0.4, 0.5) is 11.4 Å². The molecule has 13 nitrogen and oxygen atoms in total. The lowest BCUT2D eigenvalue weighted by molar-refractivity contribution is -0.126. The maximum atomic E-state index is 13.6. The third-order valence-corrected chi connectivity index (χ3v) is 16.3. The van der Waals surface area contributed by atoms with Crippen molar-refractivity contribution in [1.29, 1.82) is 0 Å². The van der Waals surface area contributed by atoms with Gasteiger partial charge < -0.3 is 24.9 Å². The molecule has 8 heterocycles. The number of amides is 2. The lowest BCUT2D eigenvalue weighted by atomic mass is 9.82. The van der Waals surface area contributed by atoms with Crippen LogP contribution in [0.2, 0.25) is 0 Å². The van der Waals surface area contributed by atoms with Gasteiger partial charge in [0.15, 0.2) is 5.78 Å². The monoisotopic (exact) mass is 894 g/mol. The van der Waals surface area contributed by atoms with Crippen LogP contribution < -0.4 is 20.7 Å². The number of carbonyl (C=O) groups is 3. The first-order chi connectivity index (χ1) is 32.1. The number of aryl methyl sites for hydroxylation is 1. The van der Waals surface area contributed by atoms with Gasteiger partial charge in [0.25, 0.3) is 11.5 Å². The molecule has 5 fully saturated rings. The quantitative estimate of drug-likeness (QED) is 0.141. The van der Waals surface area contributed by atoms with Crippen molar-refractivity contribution in [3.63, 3.8) is 0 Å². The van der Waals surface area contributed by atoms with Crippen molar-refractivity contribution in [2.45, 2.75) is 129 Å². The number of piperidine rings is 4. The van der Waals surface area contributed by atoms with Crippen LogP contribution in [0.15, 0.2) is 59.8 Å². The fourth-order valence-corrected chi connectivity index (χ4v) is 12.3. The summed E-state index contributed by atoms with van der Waals surface area (Å²) in [5.41, 5.74) is 7.12. The minimum Gasteiger partial charge on any atom is -0.372 e. The van der Waals surface area contributed by atoms with E-state index in [2.05, 4.69) is 55.8 Å². The number of allylic oxidation sites excluding steroid dienone is 1. The standard InChI is InChI=1S/C53H67N9O4/c1-34-8-13-47(51(64)56-34)61-33-40-29-43(11-12-45(40)52(61)65)59-26-19-39(20-27-59)28-38-15-22-58(23-16-38)21-14-37-17-24-60(25-18-37)44-10-9-41(54-31-44)30-48-55-32-46-35(2)49(36(3)63)53(66)62(50(46)57-48)42-6-4-5-7-42/h9-12,29,31-32,37-39,42,47H,1,4-8,13-28,30,33H2,2-3H3,(H,56,64). The Hall–Kier alpha value is -5.43. The maximum absolute atomic E-state index is 13.6. The third kappa shape index (κ3) is 9.16. The second-order valence-electron chi connectivity index (χ2n) is 20.5. The van der Waals surface area contributed by atoms with E-state index in [0.717, 1.165) is 97.5 Å². The Morgan fingerprint density at radius 2 is 1.48 bits per heavy atom. The topological polar surface area (TPSA) is 137 Å². The summed E-state index contributed by atoms with van der Waals surface area (Å²) in [6, 6.07) is 10.2. The second-order valence-corrected chi connectivity index (χ2v) is 20.5. The van der Waals surface area contributed by atoms with E-state index < -0.39 is 6.04 Å². The predicted octanol–water partition coefficient (Wildman–Crippen LogP) is 7.78. The Kier molecular flexibility index (Phi) is 12.8. The minimum absolute atomic E-state index is 0.0312. The molecule has 13 heteroatoms. The number of ketones is 1. The highest BCUT2D eigenvalue weighted by molar-refractivity contribution is 6.02. The van der Waals surface area contributed by atoms with Gasteiger partial charge in [-0.2, -0.15) is 0 Å². The molecule has 1 saturated carbocycles. The Morgan fingerprint density at radius 1 is 0.803 bits per heavy atom. The number of Topliss-reactive ketones (excluding diaryl/α,β-unsaturated/α-hetero) is 1. The van der Waals surface area contributed by atoms with Gasteiger partial charge in [-0.05, 0) is 170 Å². The molecule has 1 atom stereocenters. The van der Waals surface area contributed by atoms with Gasteiger partial charge in [-0.15, -0.1) is 0 Å². The zero-order valence-electron chi connectivity index (χ0n) is 39.1. The fraction of sp³-hybridized carbons (Fsp3) is 0.566. The summed E-state index contributed by atoms with van der Waals surface area (Å²) >= 11 is 0. The van der Waals surface area contributed by atoms with Crippen molar-refractivity contribution >= 4 is 40.0 Å². The van der Waals surface area contributed by atoms with Crippen LogP contribution in [0.25, 0.3) is 11.0 Å². The van der Waals surface area contributed by atoms with Crippen LogP contribution in [0.5, 0.6) is 0 Å². The van der Waals surface area contributed by atoms with E-state index in [-0.39, 0.29) is 34.8 Å². The van der Waals surface area contributed by atoms with Gasteiger partial charge in [-0.3, -0.25) is 28.7 Å². The number of hydrogen-bond donors (Lipinski definition) is 1. The normalized spacial score (nSPS) is 21.9. The molecule has 2 amide bonds. The first kappa shape index (κ1) is 44.4. The first-order valence-corrected chi connectivity index (χ1v) is 25.1. The predicted molar refractivity (Wildman–Crippen MR) is 258 cm³/mol. The number of fused-ring (bicyclic) bond motifs is 2. The zero-order chi connectivity index (χ0) is 45.5. The smallest absolute Gasteiger partial charge is 0.263 e. The molecular weight excluding hydrogens is 827 g/mol. The number of hydrogen-bond acceptors (Lipinski definition) is 10. The van der Waals surface area contributed by atoms with E-state index in [0.29, 0.717) is 42.8 Å². The van der Waals surface area contributed by atoms with Crippen molar-refractivity contribution in [1.82, 2.24) is 34.6 Å². The van der Waals surface area contributed by atoms with Gasteiger partial charge in [0.05, 0.1) is 23.9 Å². The average molecular weight is 894 g/mol. The van der Waals surface area contributed by atoms with E-state index in [1.165, 1.54) is 89.3 Å². The molecule has 10 rings (SSSR count). The van der Waals surface area contributed by atoms with Gasteiger partial charge in [0.2, 0.25) is 5.91 Å². The number of carbonyl (C=O) groups excluding carboxylic acids is 3. The molecule has 3 aromatic heterocycles. The average Bonchev–Trinajstić information content (AvgIpc) is 3.97. The number of benzene rings is 1. The highest BCUT2D eigenvalue weighted by Crippen LogP contribution is 2.36. The molecule has 5 aliphatic heterocycles. The molecule has 0 bridgehead atoms. The van der Waals surface area contributed by atoms with E-state index in [9.17, 15) is 19.2 Å². The van der Waals surface area contributed by atoms with Crippen LogP contribution in [0.3, 0.4) is 0 Å². The van der Waals surface area contributed by atoms with E-state index in [1.54, 1.807) is 15.7 Å². The van der Waals surface area contributed by atoms with E-state index >= 15 is 0 Å². The Balaban J connectivity index is 0.641. The van der Waals surface area contributed by atoms with Crippen LogP contribution in [-0.2, 0) is 17.8 Å². The van der Waals surface area contributed by atoms with Crippen molar-refractivity contribution in [2.75, 3.05) is 55.6 Å². The van der Waals surface area contributed by atoms with Gasteiger partial charge in [-0.1, -0.05) is 19.4 Å². The van der Waals surface area contributed by atoms with E-state index in [4.69, 9.17) is 9.97 Å². The molecular formula is C53H67N9O4. The number of likely N-dealkylation sites (tertiary alicyclic amines) is 1. The molecule has 4 saturated heterocycles. The lowest BCUT2D eigenvalue weighted by Crippen LogP contribution is -2.49. The van der Waals surface area contributed by atoms with Crippen LogP contribution in [0.1, 0.15) is 146 Å². The first-order valence-electron chi connectivity index (χ1n) is 25.1. The maximum Gasteiger partial charge on any atom is 0.263 e. The zero-order valence-corrected chi connectivity index (χ0v) is 39.1. The molecule has 1 N–H and O–H groups in total. The molecule has 0 spiro atoms. The summed E-state index contributed by atoms with van der Waals surface area (Å²) in [5.74, 6) is 2.67. The summed E-state index contributed by atoms with van der Waals surface area (Å²) in [4.78, 5) is 75.9. The molecule has 348 valence electrons. The number of nitrogens with one attached hydrogen (secondary N) is 1. The van der Waals surface area contributed by atoms with Crippen molar-refractivity contribution < 1.29 is 14.4 Å². The summed E-state index contributed by atoms with van der Waals surface area (Å²) in [6.07, 6.45) is 19.8. The molecule has 0 radical (unpaired) electrons. The van der Waals surface area contributed by atoms with Crippen molar-refractivity contribution in [3.8, 4) is 0 Å². The number of rotatable bonds is 12. The van der Waals surface area contributed by atoms with Crippen LogP contribution >= 0.6 is 0 Å². The van der Waals surface area contributed by atoms with Gasteiger partial charge >= 0.3 is 0 Å². The Morgan fingerprint density at radius 3 is 2.17 bits per heavy atom. The SMILES string of the molecule is C=C1CCC(N2Cc3cc(N4CCC(CC5CCN(CCC6CCN(c7ccc(Cc8ncc9c(C)c(C(C)=O)c(=O)n(C%10CCCC%10)c9n8)nc7)CC6)CC5)CC4)ccc3C2=O)C(=O)N1. The number of pyridine rings is 2. The third-order valence-electron chi connectivity index (χ3n) is 16.3. The summed E-state index contributed by atoms with van der Waals surface area (Å²) < 4.78 is 1.78. The molecule has 1 aliphatic carbocycles. The lowest BCUT2D eigenvalue weighted by Gasteiger charge is -2.38. The van der Waals surface area contributed by atoms with Crippen LogP contribution in [0, 0.1) is 24.7 Å². The minimum atomic E-state index is -0.420. The molecule has 6 aliphatic rings. The van der Waals surface area contributed by atoms with Crippen LogP contribution in [-0.4, -0.2) is 98.8 Å². The number of aromatic nitrogens is 4. The summed E-state index contributed by atoms with van der Waals surface area (Å²) in [5, 5.41) is 3.61. The highest BCUT2D eigenvalue weighted by Gasteiger charge is 2.38. The highest BCUT2D eigenvalue weighted by atomic mass is 16.2. The summed E-state index contributed by atoms with van der Waals surface area (Å²) in [6.45, 7) is 15.6. The Labute approximate surface area is 389 Å². The number of nitrogens with zero attached hydrogens (tertiary/aromatic N) is 8. The van der Waals surface area contributed by atoms with Crippen molar-refractivity contribution in [2.24, 2.45) is 17.8 Å². The van der Waals surface area contributed by atoms with E-state index in [1.807, 2.05) is 19.2 Å². The largest absolute Gasteiger partial charge is 0.372 e.